The molecule has 3 aromatic rings. The summed E-state index contributed by atoms with van der Waals surface area (Å²) in [5.74, 6) is -0.553. The molecule has 6 heteroatoms. The number of alkyl halides is 1. The third kappa shape index (κ3) is 4.25. The molecule has 2 aromatic carbocycles. The second-order valence-corrected chi connectivity index (χ2v) is 10.2. The molecule has 34 heavy (non-hydrogen) atoms. The molecule has 1 aliphatic carbocycles. The average molecular weight is 463 g/mol. The predicted octanol–water partition coefficient (Wildman–Crippen LogP) is 4.78. The number of benzene rings is 2. The molecule has 2 N–H and O–H groups in total. The Morgan fingerprint density at radius 2 is 1.91 bits per heavy atom. The lowest BCUT2D eigenvalue weighted by atomic mass is 9.80. The third-order valence-corrected chi connectivity index (χ3v) is 7.61. The zero-order valence-corrected chi connectivity index (χ0v) is 20.3. The molecule has 0 radical (unpaired) electrons. The van der Waals surface area contributed by atoms with Crippen molar-refractivity contribution in [2.24, 2.45) is 5.73 Å². The summed E-state index contributed by atoms with van der Waals surface area (Å²) in [6.07, 6.45) is 2.65. The molecule has 1 amide bonds. The van der Waals surface area contributed by atoms with Gasteiger partial charge in [0.15, 0.2) is 0 Å². The molecular weight excluding hydrogens is 427 g/mol. The van der Waals surface area contributed by atoms with Crippen molar-refractivity contribution in [2.75, 3.05) is 33.7 Å². The Hall–Kier alpha value is -2.70. The van der Waals surface area contributed by atoms with Gasteiger partial charge in [0.25, 0.3) is 0 Å². The van der Waals surface area contributed by atoms with E-state index in [-0.39, 0.29) is 5.92 Å². The first-order valence-electron chi connectivity index (χ1n) is 12.5. The SMILES string of the molecule is CN(C)CCN1CCn2c(c([C@H]3CCCC[C@@H]3F)c3ccc(C(N)=O)cc32)-c2ccccc2C1. The molecule has 0 spiro atoms. The smallest absolute Gasteiger partial charge is 0.248 e. The molecule has 0 bridgehead atoms. The summed E-state index contributed by atoms with van der Waals surface area (Å²) in [4.78, 5) is 16.7. The molecule has 1 fully saturated rings. The molecule has 1 aromatic heterocycles. The molecule has 180 valence electrons. The Bertz CT molecular complexity index is 1200. The van der Waals surface area contributed by atoms with Gasteiger partial charge in [-0.15, -0.1) is 0 Å². The number of aromatic nitrogens is 1. The Kier molecular flexibility index (Phi) is 6.45. The average Bonchev–Trinajstić information content (AvgIpc) is 3.12. The zero-order valence-electron chi connectivity index (χ0n) is 20.3. The third-order valence-electron chi connectivity index (χ3n) is 7.61. The van der Waals surface area contributed by atoms with Crippen LogP contribution in [0, 0.1) is 0 Å². The monoisotopic (exact) mass is 462 g/mol. The van der Waals surface area contributed by atoms with E-state index in [1.54, 1.807) is 6.07 Å². The lowest BCUT2D eigenvalue weighted by molar-refractivity contribution is 0.100. The second kappa shape index (κ2) is 9.51. The van der Waals surface area contributed by atoms with E-state index in [9.17, 15) is 4.79 Å². The van der Waals surface area contributed by atoms with E-state index in [1.807, 2.05) is 12.1 Å². The van der Waals surface area contributed by atoms with Gasteiger partial charge in [-0.2, -0.15) is 0 Å². The molecule has 2 aliphatic rings. The number of fused-ring (bicyclic) bond motifs is 5. The van der Waals surface area contributed by atoms with E-state index in [1.165, 1.54) is 11.1 Å². The highest BCUT2D eigenvalue weighted by molar-refractivity contribution is 6.00. The summed E-state index contributed by atoms with van der Waals surface area (Å²) >= 11 is 0. The molecule has 0 unspecified atom stereocenters. The highest BCUT2D eigenvalue weighted by Crippen LogP contribution is 2.46. The Balaban J connectivity index is 1.73. The van der Waals surface area contributed by atoms with Crippen molar-refractivity contribution in [3.05, 3.63) is 59.2 Å². The minimum absolute atomic E-state index is 0.121. The van der Waals surface area contributed by atoms with Crippen LogP contribution in [0.4, 0.5) is 4.39 Å². The molecular formula is C28H35FN4O. The van der Waals surface area contributed by atoms with Gasteiger partial charge in [0.05, 0.1) is 5.69 Å². The number of likely N-dealkylation sites (N-methyl/N-ethyl adjacent to an activating group) is 1. The van der Waals surface area contributed by atoms with Crippen LogP contribution < -0.4 is 5.73 Å². The van der Waals surface area contributed by atoms with E-state index < -0.39 is 12.1 Å². The van der Waals surface area contributed by atoms with Crippen molar-refractivity contribution in [1.82, 2.24) is 14.4 Å². The molecule has 2 heterocycles. The van der Waals surface area contributed by atoms with Crippen molar-refractivity contribution >= 4 is 16.8 Å². The predicted molar refractivity (Wildman–Crippen MR) is 136 cm³/mol. The van der Waals surface area contributed by atoms with Crippen molar-refractivity contribution in [1.29, 1.82) is 0 Å². The van der Waals surface area contributed by atoms with Crippen LogP contribution in [-0.2, 0) is 13.1 Å². The van der Waals surface area contributed by atoms with Crippen LogP contribution in [0.25, 0.3) is 22.2 Å². The fourth-order valence-electron chi connectivity index (χ4n) is 5.82. The van der Waals surface area contributed by atoms with Crippen LogP contribution in [0.1, 0.15) is 53.1 Å². The quantitative estimate of drug-likeness (QED) is 0.594. The van der Waals surface area contributed by atoms with Crippen LogP contribution >= 0.6 is 0 Å². The fourth-order valence-corrected chi connectivity index (χ4v) is 5.82. The van der Waals surface area contributed by atoms with Crippen molar-refractivity contribution in [3.63, 3.8) is 0 Å². The summed E-state index contributed by atoms with van der Waals surface area (Å²) in [5.41, 5.74) is 11.8. The number of carbonyl (C=O) groups excluding carboxylic acids is 1. The number of amides is 1. The largest absolute Gasteiger partial charge is 0.366 e. The Morgan fingerprint density at radius 1 is 1.12 bits per heavy atom. The summed E-state index contributed by atoms with van der Waals surface area (Å²) < 4.78 is 17.7. The van der Waals surface area contributed by atoms with Gasteiger partial charge in [0.2, 0.25) is 5.91 Å². The van der Waals surface area contributed by atoms with Gasteiger partial charge in [-0.3, -0.25) is 9.69 Å². The highest BCUT2D eigenvalue weighted by atomic mass is 19.1. The molecule has 5 rings (SSSR count). The van der Waals surface area contributed by atoms with Gasteiger partial charge in [0, 0.05) is 60.7 Å². The maximum Gasteiger partial charge on any atom is 0.248 e. The topological polar surface area (TPSA) is 54.5 Å². The van der Waals surface area contributed by atoms with Gasteiger partial charge in [-0.1, -0.05) is 43.2 Å². The second-order valence-electron chi connectivity index (χ2n) is 10.2. The van der Waals surface area contributed by atoms with Crippen LogP contribution in [-0.4, -0.2) is 60.2 Å². The van der Waals surface area contributed by atoms with Crippen molar-refractivity contribution < 1.29 is 9.18 Å². The van der Waals surface area contributed by atoms with Crippen LogP contribution in [0.5, 0.6) is 0 Å². The maximum absolute atomic E-state index is 15.4. The molecule has 0 saturated heterocycles. The number of halogens is 1. The number of hydrogen-bond acceptors (Lipinski definition) is 3. The summed E-state index contributed by atoms with van der Waals surface area (Å²) in [5, 5.41) is 1.06. The molecule has 2 atom stereocenters. The van der Waals surface area contributed by atoms with Gasteiger partial charge in [-0.25, -0.2) is 4.39 Å². The lowest BCUT2D eigenvalue weighted by Gasteiger charge is -2.31. The number of hydrogen-bond donors (Lipinski definition) is 1. The number of nitrogens with two attached hydrogens (primary N) is 1. The van der Waals surface area contributed by atoms with E-state index in [4.69, 9.17) is 5.73 Å². The van der Waals surface area contributed by atoms with Gasteiger partial charge in [0.1, 0.15) is 6.17 Å². The Morgan fingerprint density at radius 3 is 2.68 bits per heavy atom. The summed E-state index contributed by atoms with van der Waals surface area (Å²) in [6.45, 7) is 4.53. The van der Waals surface area contributed by atoms with Gasteiger partial charge >= 0.3 is 0 Å². The summed E-state index contributed by atoms with van der Waals surface area (Å²) in [6, 6.07) is 14.3. The fraction of sp³-hybridized carbons (Fsp3) is 0.464. The molecule has 1 aliphatic heterocycles. The Labute approximate surface area is 201 Å². The van der Waals surface area contributed by atoms with Gasteiger partial charge in [-0.05, 0) is 50.2 Å². The van der Waals surface area contributed by atoms with Crippen LogP contribution in [0.3, 0.4) is 0 Å². The van der Waals surface area contributed by atoms with Crippen molar-refractivity contribution in [3.8, 4) is 11.3 Å². The van der Waals surface area contributed by atoms with E-state index in [0.717, 1.165) is 74.1 Å². The zero-order chi connectivity index (χ0) is 23.8. The first kappa shape index (κ1) is 23.1. The summed E-state index contributed by atoms with van der Waals surface area (Å²) in [7, 11) is 4.20. The number of primary amides is 1. The van der Waals surface area contributed by atoms with Crippen LogP contribution in [0.15, 0.2) is 42.5 Å². The van der Waals surface area contributed by atoms with E-state index >= 15 is 4.39 Å². The van der Waals surface area contributed by atoms with Crippen LogP contribution in [0.2, 0.25) is 0 Å². The van der Waals surface area contributed by atoms with Crippen molar-refractivity contribution in [2.45, 2.75) is 50.9 Å². The number of rotatable bonds is 5. The normalized spacial score (nSPS) is 21.2. The molecule has 1 saturated carbocycles. The van der Waals surface area contributed by atoms with Gasteiger partial charge < -0.3 is 15.2 Å². The first-order valence-corrected chi connectivity index (χ1v) is 12.5. The lowest BCUT2D eigenvalue weighted by Crippen LogP contribution is -2.35. The van der Waals surface area contributed by atoms with E-state index in [0.29, 0.717) is 12.0 Å². The maximum atomic E-state index is 15.4. The molecule has 5 nitrogen and oxygen atoms in total. The first-order chi connectivity index (χ1) is 16.4. The minimum Gasteiger partial charge on any atom is -0.366 e. The highest BCUT2D eigenvalue weighted by Gasteiger charge is 2.34. The standard InChI is InChI=1S/C28H35FN4O/c1-31(2)13-14-32-15-16-33-25-17-19(28(30)34)11-12-23(25)26(22-9-5-6-10-24(22)29)27(33)21-8-4-3-7-20(21)18-32/h3-4,7-8,11-12,17,22,24H,5-6,9-10,13-16,18H2,1-2H3,(H2,30,34)/t22-,24-/m0/s1. The van der Waals surface area contributed by atoms with E-state index in [2.05, 4.69) is 52.7 Å². The number of carbonyl (C=O) groups is 1. The number of nitrogens with zero attached hydrogens (tertiary/aromatic N) is 3. The minimum atomic E-state index is -0.839.